The van der Waals surface area contributed by atoms with Crippen LogP contribution < -0.4 is 11.5 Å². The maximum Gasteiger partial charge on any atom is 0.204 e. The molecule has 0 bridgehead atoms. The van der Waals surface area contributed by atoms with Crippen molar-refractivity contribution in [2.45, 2.75) is 0 Å². The Hall–Kier alpha value is -0.310. The Labute approximate surface area is 29.8 Å². The van der Waals surface area contributed by atoms with Crippen LogP contribution in [0.1, 0.15) is 0 Å². The standard InChI is InChI=1S/CH2N2S/c2-1(3)4/h2-3H. The summed E-state index contributed by atoms with van der Waals surface area (Å²) >= 11 is 3.87. The van der Waals surface area contributed by atoms with Gasteiger partial charge in [0.15, 0.2) is 0 Å². The number of nitrogens with one attached hydrogen (secondary N) is 2. The fourth-order valence-corrected chi connectivity index (χ4v) is 0. The minimum Gasteiger partial charge on any atom is -0.273 e. The smallest absolute Gasteiger partial charge is 0.204 e. The molecule has 0 amide bonds. The van der Waals surface area contributed by atoms with Crippen LogP contribution in [-0.4, -0.2) is 5.11 Å². The Kier molecular flexibility index (Phi) is 0.979. The van der Waals surface area contributed by atoms with Crippen molar-refractivity contribution < 1.29 is 0 Å². The van der Waals surface area contributed by atoms with Gasteiger partial charge in [0, 0.05) is 0 Å². The van der Waals surface area contributed by atoms with Gasteiger partial charge in [-0.1, -0.05) is 0 Å². The third-order valence-corrected chi connectivity index (χ3v) is 0. The zero-order valence-corrected chi connectivity index (χ0v) is 2.72. The van der Waals surface area contributed by atoms with E-state index in [1.54, 1.807) is 0 Å². The van der Waals surface area contributed by atoms with Gasteiger partial charge in [0.05, 0.1) is 0 Å². The highest BCUT2D eigenvalue weighted by molar-refractivity contribution is 7.80. The van der Waals surface area contributed by atoms with E-state index in [0.29, 0.717) is 0 Å². The SMILES string of the molecule is [NH]C([NH])=S. The van der Waals surface area contributed by atoms with Crippen molar-refractivity contribution in [3.05, 3.63) is 0 Å². The highest BCUT2D eigenvalue weighted by atomic mass is 32.1. The fourth-order valence-electron chi connectivity index (χ4n) is 0. The topological polar surface area (TPSA) is 47.6 Å². The molecular formula is CH2N2S. The molecule has 2 N–H and O–H groups in total. The molecule has 0 saturated heterocycles. The van der Waals surface area contributed by atoms with E-state index in [1.165, 1.54) is 0 Å². The van der Waals surface area contributed by atoms with E-state index in [-0.39, 0.29) is 0 Å². The molecule has 2 nitrogen and oxygen atoms in total. The molecule has 3 heteroatoms. The zero-order chi connectivity index (χ0) is 3.58. The summed E-state index contributed by atoms with van der Waals surface area (Å²) in [5.74, 6) is 0. The molecule has 0 aromatic carbocycles. The lowest BCUT2D eigenvalue weighted by Gasteiger charge is -1.61. The molecule has 0 heterocycles. The van der Waals surface area contributed by atoms with Crippen molar-refractivity contribution in [2.24, 2.45) is 0 Å². The highest BCUT2D eigenvalue weighted by Crippen LogP contribution is 1.42. The first-order chi connectivity index (χ1) is 1.73. The minimum absolute atomic E-state index is 0.500. The van der Waals surface area contributed by atoms with E-state index < -0.39 is 5.11 Å². The normalized spacial score (nSPS) is 6.00. The quantitative estimate of drug-likeness (QED) is 0.368. The average Bonchev–Trinajstić information content (AvgIpc) is 0.811. The summed E-state index contributed by atoms with van der Waals surface area (Å²) in [6, 6.07) is 0. The Bertz CT molecular complexity index is 29.0. The lowest BCUT2D eigenvalue weighted by atomic mass is 11.3. The van der Waals surface area contributed by atoms with Crippen LogP contribution in [0.15, 0.2) is 0 Å². The molecule has 0 atom stereocenters. The molecular weight excluding hydrogens is 72.1 g/mol. The number of rotatable bonds is 0. The Morgan fingerprint density at radius 1 is 1.50 bits per heavy atom. The van der Waals surface area contributed by atoms with Crippen LogP contribution in [0.3, 0.4) is 0 Å². The van der Waals surface area contributed by atoms with Crippen LogP contribution in [0, 0.1) is 0 Å². The van der Waals surface area contributed by atoms with Gasteiger partial charge in [-0.2, -0.15) is 0 Å². The van der Waals surface area contributed by atoms with Crippen molar-refractivity contribution >= 4 is 17.3 Å². The summed E-state index contributed by atoms with van der Waals surface area (Å²) < 4.78 is 0. The Balaban J connectivity index is 2.80. The van der Waals surface area contributed by atoms with E-state index in [9.17, 15) is 0 Å². The van der Waals surface area contributed by atoms with Gasteiger partial charge in [0.2, 0.25) is 5.11 Å². The van der Waals surface area contributed by atoms with Gasteiger partial charge >= 0.3 is 0 Å². The lowest BCUT2D eigenvalue weighted by Crippen LogP contribution is -1.89. The zero-order valence-electron chi connectivity index (χ0n) is 1.91. The second-order valence-corrected chi connectivity index (χ2v) is 0.737. The predicted molar refractivity (Wildman–Crippen MR) is 18.8 cm³/mol. The van der Waals surface area contributed by atoms with Gasteiger partial charge in [0.1, 0.15) is 0 Å². The van der Waals surface area contributed by atoms with E-state index in [4.69, 9.17) is 11.5 Å². The molecule has 4 heavy (non-hydrogen) atoms. The van der Waals surface area contributed by atoms with Gasteiger partial charge in [-0.25, -0.2) is 0 Å². The molecule has 0 aliphatic heterocycles. The van der Waals surface area contributed by atoms with Crippen molar-refractivity contribution in [3.63, 3.8) is 0 Å². The maximum atomic E-state index is 5.98. The van der Waals surface area contributed by atoms with Crippen LogP contribution in [0.4, 0.5) is 0 Å². The van der Waals surface area contributed by atoms with Crippen LogP contribution in [0.5, 0.6) is 0 Å². The molecule has 0 unspecified atom stereocenters. The average molecular weight is 74.1 g/mol. The van der Waals surface area contributed by atoms with Crippen LogP contribution in [-0.2, 0) is 0 Å². The first-order valence-electron chi connectivity index (χ1n) is 0.704. The second kappa shape index (κ2) is 1.06. The minimum atomic E-state index is -0.500. The largest absolute Gasteiger partial charge is 0.273 e. The number of thiocarbonyl (C=S) groups is 1. The molecule has 22 valence electrons. The highest BCUT2D eigenvalue weighted by Gasteiger charge is 1.59. The molecule has 0 rings (SSSR count). The summed E-state index contributed by atoms with van der Waals surface area (Å²) in [6.45, 7) is 0. The molecule has 0 spiro atoms. The van der Waals surface area contributed by atoms with Crippen molar-refractivity contribution in [1.29, 1.82) is 0 Å². The Morgan fingerprint density at radius 3 is 1.50 bits per heavy atom. The van der Waals surface area contributed by atoms with Crippen molar-refractivity contribution in [3.8, 4) is 0 Å². The van der Waals surface area contributed by atoms with Gasteiger partial charge < -0.3 is 0 Å². The third kappa shape index (κ3) is 8.37. The monoisotopic (exact) mass is 74.0 g/mol. The van der Waals surface area contributed by atoms with E-state index in [0.717, 1.165) is 0 Å². The fraction of sp³-hybridized carbons (Fsp3) is 0. The summed E-state index contributed by atoms with van der Waals surface area (Å²) in [7, 11) is 0. The van der Waals surface area contributed by atoms with E-state index >= 15 is 0 Å². The van der Waals surface area contributed by atoms with Crippen molar-refractivity contribution in [1.82, 2.24) is 11.5 Å². The molecule has 0 aliphatic rings. The lowest BCUT2D eigenvalue weighted by molar-refractivity contribution is 1.54. The van der Waals surface area contributed by atoms with Gasteiger partial charge in [0.25, 0.3) is 0 Å². The molecule has 0 saturated carbocycles. The molecule has 0 fully saturated rings. The first-order valence-corrected chi connectivity index (χ1v) is 1.11. The van der Waals surface area contributed by atoms with Crippen molar-refractivity contribution in [2.75, 3.05) is 0 Å². The predicted octanol–water partition coefficient (Wildman–Crippen LogP) is -0.163. The molecule has 0 aliphatic carbocycles. The molecule has 0 aromatic rings. The maximum absolute atomic E-state index is 5.98. The van der Waals surface area contributed by atoms with Crippen LogP contribution in [0.2, 0.25) is 0 Å². The van der Waals surface area contributed by atoms with Crippen LogP contribution in [0.25, 0.3) is 0 Å². The van der Waals surface area contributed by atoms with Gasteiger partial charge in [-0.3, -0.25) is 11.5 Å². The van der Waals surface area contributed by atoms with Gasteiger partial charge in [-0.15, -0.1) is 0 Å². The first kappa shape index (κ1) is 3.69. The van der Waals surface area contributed by atoms with E-state index in [1.807, 2.05) is 0 Å². The Morgan fingerprint density at radius 2 is 1.50 bits per heavy atom. The number of hydrogen-bond donors (Lipinski definition) is 0. The summed E-state index contributed by atoms with van der Waals surface area (Å²) in [6.07, 6.45) is 0. The summed E-state index contributed by atoms with van der Waals surface area (Å²) in [5.41, 5.74) is 12.0. The van der Waals surface area contributed by atoms with E-state index in [2.05, 4.69) is 12.2 Å². The second-order valence-electron chi connectivity index (χ2n) is 0.329. The summed E-state index contributed by atoms with van der Waals surface area (Å²) in [4.78, 5) is 0. The van der Waals surface area contributed by atoms with Crippen LogP contribution >= 0.6 is 12.2 Å². The third-order valence-electron chi connectivity index (χ3n) is 0. The molecule has 0 aromatic heterocycles. The van der Waals surface area contributed by atoms with Gasteiger partial charge in [-0.05, 0) is 12.2 Å². The number of hydrogen-bond acceptors (Lipinski definition) is 1. The summed E-state index contributed by atoms with van der Waals surface area (Å²) in [5, 5.41) is -0.500. The molecule has 2 radical (unpaired) electrons.